The third-order valence-corrected chi connectivity index (χ3v) is 4.77. The summed E-state index contributed by atoms with van der Waals surface area (Å²) in [4.78, 5) is 12.0. The normalized spacial score (nSPS) is 11.1. The summed E-state index contributed by atoms with van der Waals surface area (Å²) in [5.74, 6) is 1.51. The van der Waals surface area contributed by atoms with Gasteiger partial charge < -0.3 is 14.6 Å². The number of carbonyl (C=O) groups is 1. The Bertz CT molecular complexity index is 704. The molecule has 1 amide bonds. The molecule has 0 radical (unpaired) electrons. The third-order valence-electron chi connectivity index (χ3n) is 3.55. The third kappa shape index (κ3) is 6.30. The number of thioether (sulfide) groups is 1. The predicted octanol–water partition coefficient (Wildman–Crippen LogP) is 3.50. The summed E-state index contributed by atoms with van der Waals surface area (Å²) in [7, 11) is 1.65. The van der Waals surface area contributed by atoms with Gasteiger partial charge in [0, 0.05) is 37.4 Å². The molecule has 1 N–H and O–H groups in total. The van der Waals surface area contributed by atoms with E-state index in [1.165, 1.54) is 11.8 Å². The summed E-state index contributed by atoms with van der Waals surface area (Å²) in [5.41, 5.74) is 0.957. The maximum Gasteiger partial charge on any atom is 0.230 e. The van der Waals surface area contributed by atoms with Crippen LogP contribution in [0.1, 0.15) is 20.3 Å². The van der Waals surface area contributed by atoms with E-state index in [1.54, 1.807) is 7.11 Å². The van der Waals surface area contributed by atoms with E-state index in [1.807, 2.05) is 24.3 Å². The zero-order valence-corrected chi connectivity index (χ0v) is 16.9. The number of amides is 1. The van der Waals surface area contributed by atoms with Crippen LogP contribution in [0, 0.1) is 5.92 Å². The molecule has 0 fully saturated rings. The highest BCUT2D eigenvalue weighted by molar-refractivity contribution is 7.99. The van der Waals surface area contributed by atoms with Gasteiger partial charge in [-0.05, 0) is 36.6 Å². The molecule has 0 spiro atoms. The van der Waals surface area contributed by atoms with Gasteiger partial charge in [0.05, 0.1) is 5.75 Å². The van der Waals surface area contributed by atoms with Crippen molar-refractivity contribution in [3.05, 3.63) is 29.3 Å². The molecule has 0 aliphatic rings. The number of carbonyl (C=O) groups excluding carboxylic acids is 1. The van der Waals surface area contributed by atoms with Gasteiger partial charge in [-0.3, -0.25) is 4.79 Å². The number of rotatable bonds is 10. The molecule has 2 aromatic rings. The van der Waals surface area contributed by atoms with Crippen LogP contribution in [0.5, 0.6) is 0 Å². The Balaban J connectivity index is 2.06. The van der Waals surface area contributed by atoms with E-state index in [0.717, 1.165) is 29.5 Å². The SMILES string of the molecule is COCCCNC(=O)CSc1nnc(-c2ccc(Cl)cc2)n1CC(C)C. The van der Waals surface area contributed by atoms with E-state index in [-0.39, 0.29) is 5.91 Å². The first-order valence-corrected chi connectivity index (χ1v) is 9.95. The van der Waals surface area contributed by atoms with E-state index in [4.69, 9.17) is 16.3 Å². The van der Waals surface area contributed by atoms with Crippen molar-refractivity contribution in [3.63, 3.8) is 0 Å². The van der Waals surface area contributed by atoms with Gasteiger partial charge in [-0.2, -0.15) is 0 Å². The number of nitrogens with zero attached hydrogens (tertiary/aromatic N) is 3. The highest BCUT2D eigenvalue weighted by Crippen LogP contribution is 2.26. The lowest BCUT2D eigenvalue weighted by atomic mass is 10.2. The number of nitrogens with one attached hydrogen (secondary N) is 1. The fourth-order valence-electron chi connectivity index (χ4n) is 2.36. The summed E-state index contributed by atoms with van der Waals surface area (Å²) >= 11 is 7.37. The second-order valence-electron chi connectivity index (χ2n) is 6.30. The van der Waals surface area contributed by atoms with Crippen LogP contribution in [0.4, 0.5) is 0 Å². The van der Waals surface area contributed by atoms with E-state index >= 15 is 0 Å². The molecule has 2 rings (SSSR count). The van der Waals surface area contributed by atoms with Gasteiger partial charge in [0.25, 0.3) is 0 Å². The summed E-state index contributed by atoms with van der Waals surface area (Å²) in [6.07, 6.45) is 0.803. The molecule has 0 saturated heterocycles. The lowest BCUT2D eigenvalue weighted by Crippen LogP contribution is -2.27. The molecule has 1 heterocycles. The predicted molar refractivity (Wildman–Crippen MR) is 106 cm³/mol. The van der Waals surface area contributed by atoms with Gasteiger partial charge in [0.15, 0.2) is 11.0 Å². The average molecular weight is 397 g/mol. The smallest absolute Gasteiger partial charge is 0.230 e. The van der Waals surface area contributed by atoms with Crippen molar-refractivity contribution in [3.8, 4) is 11.4 Å². The number of ether oxygens (including phenoxy) is 1. The van der Waals surface area contributed by atoms with E-state index < -0.39 is 0 Å². The molecule has 0 aliphatic heterocycles. The van der Waals surface area contributed by atoms with Gasteiger partial charge in [0.2, 0.25) is 5.91 Å². The largest absolute Gasteiger partial charge is 0.385 e. The van der Waals surface area contributed by atoms with Gasteiger partial charge >= 0.3 is 0 Å². The van der Waals surface area contributed by atoms with Crippen molar-refractivity contribution >= 4 is 29.3 Å². The Labute approximate surface area is 163 Å². The van der Waals surface area contributed by atoms with Crippen LogP contribution in [0.2, 0.25) is 5.02 Å². The zero-order chi connectivity index (χ0) is 18.9. The highest BCUT2D eigenvalue weighted by atomic mass is 35.5. The van der Waals surface area contributed by atoms with Crippen molar-refractivity contribution in [2.75, 3.05) is 26.0 Å². The second-order valence-corrected chi connectivity index (χ2v) is 7.68. The van der Waals surface area contributed by atoms with E-state index in [0.29, 0.717) is 29.8 Å². The van der Waals surface area contributed by atoms with Crippen molar-refractivity contribution in [2.45, 2.75) is 32.0 Å². The number of hydrogen-bond donors (Lipinski definition) is 1. The molecular formula is C18H25ClN4O2S. The Morgan fingerprint density at radius 1 is 1.31 bits per heavy atom. The topological polar surface area (TPSA) is 69.0 Å². The van der Waals surface area contributed by atoms with Gasteiger partial charge in [-0.1, -0.05) is 37.2 Å². The molecule has 6 nitrogen and oxygen atoms in total. The molecule has 26 heavy (non-hydrogen) atoms. The lowest BCUT2D eigenvalue weighted by Gasteiger charge is -2.12. The minimum Gasteiger partial charge on any atom is -0.385 e. The first-order valence-electron chi connectivity index (χ1n) is 8.58. The second kappa shape index (κ2) is 10.5. The number of hydrogen-bond acceptors (Lipinski definition) is 5. The number of benzene rings is 1. The first kappa shape index (κ1) is 20.7. The maximum atomic E-state index is 12.0. The maximum absolute atomic E-state index is 12.0. The fourth-order valence-corrected chi connectivity index (χ4v) is 3.27. The number of halogens is 1. The molecule has 0 unspecified atom stereocenters. The summed E-state index contributed by atoms with van der Waals surface area (Å²) in [6.45, 7) is 6.32. The van der Waals surface area contributed by atoms with Gasteiger partial charge in [0.1, 0.15) is 0 Å². The lowest BCUT2D eigenvalue weighted by molar-refractivity contribution is -0.118. The number of methoxy groups -OCH3 is 1. The van der Waals surface area contributed by atoms with Crippen molar-refractivity contribution in [2.24, 2.45) is 5.92 Å². The Kier molecular flexibility index (Phi) is 8.41. The van der Waals surface area contributed by atoms with E-state index in [2.05, 4.69) is 33.9 Å². The van der Waals surface area contributed by atoms with Crippen molar-refractivity contribution in [1.82, 2.24) is 20.1 Å². The minimum absolute atomic E-state index is 0.0155. The molecular weight excluding hydrogens is 372 g/mol. The standard InChI is InChI=1S/C18H25ClN4O2S/c1-13(2)11-23-17(14-5-7-15(19)8-6-14)21-22-18(23)26-12-16(24)20-9-4-10-25-3/h5-8,13H,4,9-12H2,1-3H3,(H,20,24). The van der Waals surface area contributed by atoms with Gasteiger partial charge in [-0.25, -0.2) is 0 Å². The van der Waals surface area contributed by atoms with Crippen LogP contribution in [-0.4, -0.2) is 46.7 Å². The summed E-state index contributed by atoms with van der Waals surface area (Å²) < 4.78 is 7.04. The Morgan fingerprint density at radius 2 is 2.04 bits per heavy atom. The molecule has 0 atom stereocenters. The quantitative estimate of drug-likeness (QED) is 0.491. The molecule has 1 aromatic heterocycles. The van der Waals surface area contributed by atoms with Gasteiger partial charge in [-0.15, -0.1) is 10.2 Å². The number of aromatic nitrogens is 3. The molecule has 0 aliphatic carbocycles. The zero-order valence-electron chi connectivity index (χ0n) is 15.4. The molecule has 8 heteroatoms. The molecule has 0 bridgehead atoms. The fraction of sp³-hybridized carbons (Fsp3) is 0.500. The minimum atomic E-state index is -0.0155. The Morgan fingerprint density at radius 3 is 2.69 bits per heavy atom. The first-order chi connectivity index (χ1) is 12.5. The van der Waals surface area contributed by atoms with Crippen LogP contribution < -0.4 is 5.32 Å². The van der Waals surface area contributed by atoms with Crippen LogP contribution in [-0.2, 0) is 16.1 Å². The van der Waals surface area contributed by atoms with Crippen LogP contribution in [0.25, 0.3) is 11.4 Å². The monoisotopic (exact) mass is 396 g/mol. The van der Waals surface area contributed by atoms with Crippen LogP contribution >= 0.6 is 23.4 Å². The summed E-state index contributed by atoms with van der Waals surface area (Å²) in [6, 6.07) is 7.54. The molecule has 142 valence electrons. The van der Waals surface area contributed by atoms with E-state index in [9.17, 15) is 4.79 Å². The van der Waals surface area contributed by atoms with Crippen LogP contribution in [0.3, 0.4) is 0 Å². The summed E-state index contributed by atoms with van der Waals surface area (Å²) in [5, 5.41) is 12.9. The van der Waals surface area contributed by atoms with Crippen molar-refractivity contribution in [1.29, 1.82) is 0 Å². The Hall–Kier alpha value is -1.57. The highest BCUT2D eigenvalue weighted by Gasteiger charge is 2.16. The molecule has 0 saturated carbocycles. The average Bonchev–Trinajstić information content (AvgIpc) is 2.99. The van der Waals surface area contributed by atoms with Crippen LogP contribution in [0.15, 0.2) is 29.4 Å². The van der Waals surface area contributed by atoms with Crippen molar-refractivity contribution < 1.29 is 9.53 Å². The molecule has 1 aromatic carbocycles.